The number of ether oxygens (including phenoxy) is 1. The van der Waals surface area contributed by atoms with Gasteiger partial charge in [-0.25, -0.2) is 4.98 Å². The van der Waals surface area contributed by atoms with E-state index in [1.807, 2.05) is 36.6 Å². The predicted octanol–water partition coefficient (Wildman–Crippen LogP) is 4.57. The average Bonchev–Trinajstić information content (AvgIpc) is 3.00. The van der Waals surface area contributed by atoms with Crippen LogP contribution >= 0.6 is 11.3 Å². The third-order valence-corrected chi connectivity index (χ3v) is 4.87. The van der Waals surface area contributed by atoms with Crippen molar-refractivity contribution in [1.82, 2.24) is 9.55 Å². The van der Waals surface area contributed by atoms with Crippen LogP contribution in [0, 0.1) is 5.92 Å². The minimum atomic E-state index is 0.0470. The summed E-state index contributed by atoms with van der Waals surface area (Å²) < 4.78 is 7.22. The van der Waals surface area contributed by atoms with Gasteiger partial charge in [-0.2, -0.15) is 0 Å². The summed E-state index contributed by atoms with van der Waals surface area (Å²) in [6.45, 7) is 7.63. The fourth-order valence-corrected chi connectivity index (χ4v) is 3.54. The number of nitrogens with zero attached hydrogens (tertiary/aromatic N) is 2. The second-order valence-corrected chi connectivity index (χ2v) is 7.07. The fraction of sp³-hybridized carbons (Fsp3) is 0.368. The molecular formula is C19H22N2O2S. The number of hydrogen-bond donors (Lipinski definition) is 0. The molecule has 4 nitrogen and oxygen atoms in total. The predicted molar refractivity (Wildman–Crippen MR) is 99.9 cm³/mol. The maximum absolute atomic E-state index is 12.9. The number of aromatic nitrogens is 2. The third kappa shape index (κ3) is 3.36. The number of thiophene rings is 1. The molecular weight excluding hydrogens is 320 g/mol. The van der Waals surface area contributed by atoms with Gasteiger partial charge in [-0.15, -0.1) is 11.3 Å². The van der Waals surface area contributed by atoms with Crippen LogP contribution in [0.25, 0.3) is 21.3 Å². The van der Waals surface area contributed by atoms with E-state index in [1.54, 1.807) is 10.9 Å². The zero-order valence-electron chi connectivity index (χ0n) is 14.3. The molecule has 0 saturated heterocycles. The SMILES string of the molecule is CCOc1ccc(-c2csc3ncn(CCC(C)C)c(=O)c23)cc1. The van der Waals surface area contributed by atoms with E-state index in [0.717, 1.165) is 33.5 Å². The Morgan fingerprint density at radius 2 is 2.00 bits per heavy atom. The van der Waals surface area contributed by atoms with E-state index in [4.69, 9.17) is 4.74 Å². The van der Waals surface area contributed by atoms with Gasteiger partial charge in [-0.1, -0.05) is 26.0 Å². The molecule has 1 aromatic carbocycles. The van der Waals surface area contributed by atoms with Crippen molar-refractivity contribution in [3.63, 3.8) is 0 Å². The first-order valence-corrected chi connectivity index (χ1v) is 9.18. The largest absolute Gasteiger partial charge is 0.494 e. The van der Waals surface area contributed by atoms with E-state index < -0.39 is 0 Å². The van der Waals surface area contributed by atoms with Gasteiger partial charge in [-0.05, 0) is 37.0 Å². The first-order valence-electron chi connectivity index (χ1n) is 8.30. The Hall–Kier alpha value is -2.14. The number of rotatable bonds is 6. The Bertz CT molecular complexity index is 879. The van der Waals surface area contributed by atoms with Crippen molar-refractivity contribution < 1.29 is 4.74 Å². The van der Waals surface area contributed by atoms with E-state index in [1.165, 1.54) is 11.3 Å². The van der Waals surface area contributed by atoms with Crippen LogP contribution in [0.5, 0.6) is 5.75 Å². The van der Waals surface area contributed by atoms with Gasteiger partial charge in [-0.3, -0.25) is 9.36 Å². The molecule has 0 aliphatic heterocycles. The number of fused-ring (bicyclic) bond motifs is 1. The van der Waals surface area contributed by atoms with Crippen LogP contribution in [0.4, 0.5) is 0 Å². The van der Waals surface area contributed by atoms with Gasteiger partial charge in [0, 0.05) is 17.5 Å². The first kappa shape index (κ1) is 16.7. The van der Waals surface area contributed by atoms with Crippen LogP contribution in [0.1, 0.15) is 27.2 Å². The quantitative estimate of drug-likeness (QED) is 0.659. The van der Waals surface area contributed by atoms with Crippen molar-refractivity contribution in [1.29, 1.82) is 0 Å². The molecule has 3 aromatic rings. The normalized spacial score (nSPS) is 11.3. The minimum Gasteiger partial charge on any atom is -0.494 e. The third-order valence-electron chi connectivity index (χ3n) is 3.98. The Kier molecular flexibility index (Phi) is 5.00. The lowest BCUT2D eigenvalue weighted by molar-refractivity contribution is 0.340. The summed E-state index contributed by atoms with van der Waals surface area (Å²) in [4.78, 5) is 18.1. The second-order valence-electron chi connectivity index (χ2n) is 6.21. The molecule has 0 amide bonds. The molecule has 0 aliphatic rings. The lowest BCUT2D eigenvalue weighted by Crippen LogP contribution is -2.21. The monoisotopic (exact) mass is 342 g/mol. The fourth-order valence-electron chi connectivity index (χ4n) is 2.63. The molecule has 0 spiro atoms. The molecule has 24 heavy (non-hydrogen) atoms. The number of hydrogen-bond acceptors (Lipinski definition) is 4. The molecule has 0 aliphatic carbocycles. The first-order chi connectivity index (χ1) is 11.6. The molecule has 2 aromatic heterocycles. The van der Waals surface area contributed by atoms with Gasteiger partial charge in [0.05, 0.1) is 18.3 Å². The van der Waals surface area contributed by atoms with E-state index in [2.05, 4.69) is 18.8 Å². The van der Waals surface area contributed by atoms with Crippen molar-refractivity contribution in [2.75, 3.05) is 6.61 Å². The summed E-state index contributed by atoms with van der Waals surface area (Å²) in [6.07, 6.45) is 2.64. The minimum absolute atomic E-state index is 0.0470. The second kappa shape index (κ2) is 7.18. The van der Waals surface area contributed by atoms with Gasteiger partial charge >= 0.3 is 0 Å². The molecule has 0 unspecified atom stereocenters. The van der Waals surface area contributed by atoms with E-state index >= 15 is 0 Å². The van der Waals surface area contributed by atoms with Crippen molar-refractivity contribution in [3.05, 3.63) is 46.3 Å². The molecule has 2 heterocycles. The van der Waals surface area contributed by atoms with Crippen LogP contribution < -0.4 is 10.3 Å². The Balaban J connectivity index is 2.02. The maximum Gasteiger partial charge on any atom is 0.262 e. The zero-order valence-corrected chi connectivity index (χ0v) is 15.1. The van der Waals surface area contributed by atoms with Crippen molar-refractivity contribution >= 4 is 21.6 Å². The van der Waals surface area contributed by atoms with Gasteiger partial charge in [0.15, 0.2) is 0 Å². The summed E-state index contributed by atoms with van der Waals surface area (Å²) in [6, 6.07) is 7.88. The number of aryl methyl sites for hydroxylation is 1. The lowest BCUT2D eigenvalue weighted by atomic mass is 10.1. The molecule has 126 valence electrons. The molecule has 3 rings (SSSR count). The molecule has 0 N–H and O–H groups in total. The van der Waals surface area contributed by atoms with Crippen molar-refractivity contribution in [2.45, 2.75) is 33.7 Å². The maximum atomic E-state index is 12.9. The summed E-state index contributed by atoms with van der Waals surface area (Å²) >= 11 is 1.51. The van der Waals surface area contributed by atoms with Gasteiger partial charge < -0.3 is 4.74 Å². The topological polar surface area (TPSA) is 44.1 Å². The summed E-state index contributed by atoms with van der Waals surface area (Å²) in [5.41, 5.74) is 2.02. The van der Waals surface area contributed by atoms with Crippen LogP contribution in [0.15, 0.2) is 40.8 Å². The highest BCUT2D eigenvalue weighted by Crippen LogP contribution is 2.31. The highest BCUT2D eigenvalue weighted by atomic mass is 32.1. The Morgan fingerprint density at radius 1 is 1.25 bits per heavy atom. The molecule has 0 radical (unpaired) electrons. The van der Waals surface area contributed by atoms with Crippen LogP contribution in [-0.4, -0.2) is 16.2 Å². The van der Waals surface area contributed by atoms with Gasteiger partial charge in [0.2, 0.25) is 0 Å². The van der Waals surface area contributed by atoms with Crippen LogP contribution in [0.3, 0.4) is 0 Å². The van der Waals surface area contributed by atoms with E-state index in [9.17, 15) is 4.79 Å². The average molecular weight is 342 g/mol. The molecule has 0 atom stereocenters. The Labute approximate surface area is 145 Å². The number of benzene rings is 1. The highest BCUT2D eigenvalue weighted by molar-refractivity contribution is 7.17. The van der Waals surface area contributed by atoms with Crippen LogP contribution in [0.2, 0.25) is 0 Å². The summed E-state index contributed by atoms with van der Waals surface area (Å²) in [5.74, 6) is 1.40. The van der Waals surface area contributed by atoms with Gasteiger partial charge in [0.25, 0.3) is 5.56 Å². The highest BCUT2D eigenvalue weighted by Gasteiger charge is 2.13. The van der Waals surface area contributed by atoms with Crippen LogP contribution in [-0.2, 0) is 6.54 Å². The van der Waals surface area contributed by atoms with E-state index in [-0.39, 0.29) is 5.56 Å². The smallest absolute Gasteiger partial charge is 0.262 e. The molecule has 5 heteroatoms. The molecule has 0 bridgehead atoms. The van der Waals surface area contributed by atoms with Gasteiger partial charge in [0.1, 0.15) is 10.6 Å². The Morgan fingerprint density at radius 3 is 2.67 bits per heavy atom. The van der Waals surface area contributed by atoms with E-state index in [0.29, 0.717) is 19.1 Å². The van der Waals surface area contributed by atoms with Crippen molar-refractivity contribution in [2.24, 2.45) is 5.92 Å². The lowest BCUT2D eigenvalue weighted by Gasteiger charge is -2.08. The molecule has 0 fully saturated rings. The summed E-state index contributed by atoms with van der Waals surface area (Å²) in [7, 11) is 0. The molecule has 0 saturated carbocycles. The summed E-state index contributed by atoms with van der Waals surface area (Å²) in [5, 5.41) is 2.73. The standard InChI is InChI=1S/C19H22N2O2S/c1-4-23-15-7-5-14(6-8-15)16-11-24-18-17(16)19(22)21(12-20-18)10-9-13(2)3/h5-8,11-13H,4,9-10H2,1-3H3. The van der Waals surface area contributed by atoms with Crippen molar-refractivity contribution in [3.8, 4) is 16.9 Å². The zero-order chi connectivity index (χ0) is 17.1.